The molecule has 0 aliphatic carbocycles. The summed E-state index contributed by atoms with van der Waals surface area (Å²) < 4.78 is 5.29. The molecule has 0 spiro atoms. The number of nitrogens with one attached hydrogen (secondary N) is 1. The van der Waals surface area contributed by atoms with Crippen LogP contribution < -0.4 is 10.1 Å². The summed E-state index contributed by atoms with van der Waals surface area (Å²) in [4.78, 5) is 25.2. The van der Waals surface area contributed by atoms with Crippen molar-refractivity contribution in [3.05, 3.63) is 29.3 Å². The van der Waals surface area contributed by atoms with Crippen LogP contribution in [0.1, 0.15) is 24.5 Å². The molecule has 1 atom stereocenters. The van der Waals surface area contributed by atoms with Gasteiger partial charge in [0.25, 0.3) is 0 Å². The second-order valence-electron chi connectivity index (χ2n) is 4.99. The predicted octanol–water partition coefficient (Wildman–Crippen LogP) is 1.66. The SMILES string of the molecule is CNC(=O)CC(C)N(Cc1cccc(C#N)c1OC)C(=O)CCl. The number of halogens is 1. The average Bonchev–Trinajstić information content (AvgIpc) is 2.57. The van der Waals surface area contributed by atoms with Crippen molar-refractivity contribution < 1.29 is 14.3 Å². The average molecular weight is 338 g/mol. The van der Waals surface area contributed by atoms with Crippen molar-refractivity contribution in [3.8, 4) is 11.8 Å². The van der Waals surface area contributed by atoms with Gasteiger partial charge in [-0.3, -0.25) is 9.59 Å². The van der Waals surface area contributed by atoms with Crippen LogP contribution in [0.2, 0.25) is 0 Å². The molecule has 0 saturated heterocycles. The van der Waals surface area contributed by atoms with Crippen molar-refractivity contribution in [1.82, 2.24) is 10.2 Å². The molecule has 0 radical (unpaired) electrons. The first-order chi connectivity index (χ1) is 11.0. The van der Waals surface area contributed by atoms with Crippen molar-refractivity contribution in [3.63, 3.8) is 0 Å². The molecule has 0 heterocycles. The molecule has 0 aliphatic heterocycles. The van der Waals surface area contributed by atoms with E-state index in [0.29, 0.717) is 16.9 Å². The molecule has 0 fully saturated rings. The number of carbonyl (C=O) groups is 2. The fourth-order valence-corrected chi connectivity index (χ4v) is 2.42. The lowest BCUT2D eigenvalue weighted by atomic mass is 10.1. The fourth-order valence-electron chi connectivity index (χ4n) is 2.27. The number of methoxy groups -OCH3 is 1. The van der Waals surface area contributed by atoms with Gasteiger partial charge in [0.1, 0.15) is 17.7 Å². The van der Waals surface area contributed by atoms with E-state index in [1.165, 1.54) is 12.0 Å². The summed E-state index contributed by atoms with van der Waals surface area (Å²) in [5, 5.41) is 11.7. The molecule has 0 bridgehead atoms. The van der Waals surface area contributed by atoms with E-state index in [9.17, 15) is 9.59 Å². The van der Waals surface area contributed by atoms with Crippen LogP contribution in [0.3, 0.4) is 0 Å². The zero-order chi connectivity index (χ0) is 17.4. The van der Waals surface area contributed by atoms with Gasteiger partial charge < -0.3 is 15.0 Å². The lowest BCUT2D eigenvalue weighted by molar-refractivity contribution is -0.132. The first-order valence-electron chi connectivity index (χ1n) is 7.10. The van der Waals surface area contributed by atoms with Gasteiger partial charge in [0.2, 0.25) is 11.8 Å². The Morgan fingerprint density at radius 1 is 1.48 bits per heavy atom. The van der Waals surface area contributed by atoms with E-state index in [2.05, 4.69) is 11.4 Å². The summed E-state index contributed by atoms with van der Waals surface area (Å²) in [6.45, 7) is 1.99. The minimum absolute atomic E-state index is 0.164. The van der Waals surface area contributed by atoms with Gasteiger partial charge in [-0.25, -0.2) is 0 Å². The Hall–Kier alpha value is -2.26. The Labute approximate surface area is 141 Å². The number of hydrogen-bond donors (Lipinski definition) is 1. The minimum atomic E-state index is -0.336. The highest BCUT2D eigenvalue weighted by Crippen LogP contribution is 2.25. The van der Waals surface area contributed by atoms with E-state index in [1.807, 2.05) is 0 Å². The Kier molecular flexibility index (Phi) is 7.36. The third-order valence-electron chi connectivity index (χ3n) is 3.49. The first kappa shape index (κ1) is 18.8. The second-order valence-corrected chi connectivity index (χ2v) is 5.26. The van der Waals surface area contributed by atoms with E-state index in [-0.39, 0.29) is 36.7 Å². The van der Waals surface area contributed by atoms with Gasteiger partial charge in [0.15, 0.2) is 0 Å². The number of rotatable bonds is 7. The molecule has 0 saturated carbocycles. The number of nitriles is 1. The third-order valence-corrected chi connectivity index (χ3v) is 3.72. The van der Waals surface area contributed by atoms with Crippen LogP contribution in [-0.2, 0) is 16.1 Å². The smallest absolute Gasteiger partial charge is 0.238 e. The van der Waals surface area contributed by atoms with Crippen LogP contribution in [-0.4, -0.2) is 42.8 Å². The number of nitrogens with zero attached hydrogens (tertiary/aromatic N) is 2. The molecule has 2 amide bonds. The lowest BCUT2D eigenvalue weighted by Gasteiger charge is -2.29. The van der Waals surface area contributed by atoms with Crippen LogP contribution in [0.25, 0.3) is 0 Å². The van der Waals surface area contributed by atoms with Crippen LogP contribution in [0, 0.1) is 11.3 Å². The molecule has 1 aromatic carbocycles. The summed E-state index contributed by atoms with van der Waals surface area (Å²) in [5.74, 6) is -0.206. The van der Waals surface area contributed by atoms with Gasteiger partial charge in [-0.1, -0.05) is 12.1 Å². The maximum absolute atomic E-state index is 12.1. The van der Waals surface area contributed by atoms with E-state index >= 15 is 0 Å². The molecule has 124 valence electrons. The summed E-state index contributed by atoms with van der Waals surface area (Å²) in [7, 11) is 3.02. The van der Waals surface area contributed by atoms with Crippen molar-refractivity contribution in [2.45, 2.75) is 25.9 Å². The fraction of sp³-hybridized carbons (Fsp3) is 0.438. The normalized spacial score (nSPS) is 11.3. The van der Waals surface area contributed by atoms with Crippen molar-refractivity contribution >= 4 is 23.4 Å². The van der Waals surface area contributed by atoms with Gasteiger partial charge in [0, 0.05) is 31.6 Å². The molecular weight excluding hydrogens is 318 g/mol. The molecule has 1 N–H and O–H groups in total. The van der Waals surface area contributed by atoms with Gasteiger partial charge in [-0.05, 0) is 13.0 Å². The number of benzene rings is 1. The van der Waals surface area contributed by atoms with Crippen LogP contribution in [0.15, 0.2) is 18.2 Å². The summed E-state index contributed by atoms with van der Waals surface area (Å²) in [6.07, 6.45) is 0.166. The number of para-hydroxylation sites is 1. The molecule has 7 heteroatoms. The number of alkyl halides is 1. The highest BCUT2D eigenvalue weighted by Gasteiger charge is 2.23. The minimum Gasteiger partial charge on any atom is -0.495 e. The highest BCUT2D eigenvalue weighted by molar-refractivity contribution is 6.27. The number of amides is 2. The first-order valence-corrected chi connectivity index (χ1v) is 7.63. The summed E-state index contributed by atoms with van der Waals surface area (Å²) in [6, 6.07) is 6.87. The zero-order valence-corrected chi connectivity index (χ0v) is 14.2. The number of ether oxygens (including phenoxy) is 1. The summed E-state index contributed by atoms with van der Waals surface area (Å²) >= 11 is 5.68. The highest BCUT2D eigenvalue weighted by atomic mass is 35.5. The Morgan fingerprint density at radius 2 is 2.17 bits per heavy atom. The number of hydrogen-bond acceptors (Lipinski definition) is 4. The van der Waals surface area contributed by atoms with Crippen molar-refractivity contribution in [2.24, 2.45) is 0 Å². The summed E-state index contributed by atoms with van der Waals surface area (Å²) in [5.41, 5.74) is 1.08. The van der Waals surface area contributed by atoms with Crippen LogP contribution in [0.5, 0.6) is 5.75 Å². The molecule has 1 aromatic rings. The monoisotopic (exact) mass is 337 g/mol. The maximum atomic E-state index is 12.1. The second kappa shape index (κ2) is 9.01. The molecular formula is C16H20ClN3O3. The van der Waals surface area contributed by atoms with E-state index in [1.54, 1.807) is 32.2 Å². The molecule has 1 rings (SSSR count). The molecule has 23 heavy (non-hydrogen) atoms. The molecule has 6 nitrogen and oxygen atoms in total. The van der Waals surface area contributed by atoms with Gasteiger partial charge in [0.05, 0.1) is 12.7 Å². The molecule has 0 aromatic heterocycles. The Balaban J connectivity index is 3.10. The standard InChI is InChI=1S/C16H20ClN3O3/c1-11(7-14(21)19-2)20(15(22)8-17)10-13-6-4-5-12(9-18)16(13)23-3/h4-6,11H,7-8,10H2,1-3H3,(H,19,21). The Bertz CT molecular complexity index is 613. The quantitative estimate of drug-likeness (QED) is 0.767. The third kappa shape index (κ3) is 4.86. The van der Waals surface area contributed by atoms with E-state index in [0.717, 1.165) is 0 Å². The van der Waals surface area contributed by atoms with Gasteiger partial charge in [-0.15, -0.1) is 11.6 Å². The largest absolute Gasteiger partial charge is 0.495 e. The van der Waals surface area contributed by atoms with Gasteiger partial charge in [-0.2, -0.15) is 5.26 Å². The molecule has 1 unspecified atom stereocenters. The van der Waals surface area contributed by atoms with E-state index < -0.39 is 0 Å². The van der Waals surface area contributed by atoms with E-state index in [4.69, 9.17) is 21.6 Å². The van der Waals surface area contributed by atoms with Crippen molar-refractivity contribution in [2.75, 3.05) is 20.0 Å². The maximum Gasteiger partial charge on any atom is 0.238 e. The van der Waals surface area contributed by atoms with Crippen molar-refractivity contribution in [1.29, 1.82) is 5.26 Å². The topological polar surface area (TPSA) is 82.4 Å². The van der Waals surface area contributed by atoms with Gasteiger partial charge >= 0.3 is 0 Å². The van der Waals surface area contributed by atoms with Crippen LogP contribution >= 0.6 is 11.6 Å². The zero-order valence-electron chi connectivity index (χ0n) is 13.4. The predicted molar refractivity (Wildman–Crippen MR) is 87.1 cm³/mol. The number of carbonyl (C=O) groups excluding carboxylic acids is 2. The Morgan fingerprint density at radius 3 is 2.70 bits per heavy atom. The lowest BCUT2D eigenvalue weighted by Crippen LogP contribution is -2.41. The van der Waals surface area contributed by atoms with Crippen LogP contribution in [0.4, 0.5) is 0 Å². The molecule has 0 aliphatic rings.